The van der Waals surface area contributed by atoms with Gasteiger partial charge in [-0.25, -0.2) is 23.6 Å². The number of anilines is 1. The predicted octanol–water partition coefficient (Wildman–Crippen LogP) is 7.51. The van der Waals surface area contributed by atoms with E-state index in [1.54, 1.807) is 26.5 Å². The fraction of sp³-hybridized carbons (Fsp3) is 0.305. The normalized spacial score (nSPS) is 18.8. The van der Waals surface area contributed by atoms with Crippen LogP contribution in [0.1, 0.15) is 71.0 Å². The Morgan fingerprint density at radius 3 is 2.01 bits per heavy atom. The highest BCUT2D eigenvalue weighted by Gasteiger charge is 2.40. The minimum atomic E-state index is -1.62. The lowest BCUT2D eigenvalue weighted by Crippen LogP contribution is -2.43. The molecule has 2 aromatic heterocycles. The van der Waals surface area contributed by atoms with Crippen molar-refractivity contribution in [2.45, 2.75) is 73.9 Å². The Labute approximate surface area is 462 Å². The first-order valence-electron chi connectivity index (χ1n) is 25.9. The van der Waals surface area contributed by atoms with Crippen LogP contribution in [-0.2, 0) is 38.8 Å². The molecule has 0 radical (unpaired) electrons. The van der Waals surface area contributed by atoms with Gasteiger partial charge in [0.2, 0.25) is 0 Å². The average Bonchev–Trinajstić information content (AvgIpc) is 4.15. The second kappa shape index (κ2) is 24.2. The number of amides is 1. The van der Waals surface area contributed by atoms with E-state index in [-0.39, 0.29) is 43.4 Å². The number of hydrogen-bond acceptors (Lipinski definition) is 16. The number of fused-ring (bicyclic) bond motifs is 3. The summed E-state index contributed by atoms with van der Waals surface area (Å²) >= 11 is 1.30. The van der Waals surface area contributed by atoms with Crippen LogP contribution in [0.4, 0.5) is 15.0 Å². The van der Waals surface area contributed by atoms with Gasteiger partial charge in [-0.05, 0) is 82.6 Å². The first-order valence-corrected chi connectivity index (χ1v) is 26.9. The minimum absolute atomic E-state index is 0.0559. The first kappa shape index (κ1) is 54.8. The Bertz CT molecular complexity index is 3450. The number of alkyl carbamates (subject to hydrolysis) is 1. The van der Waals surface area contributed by atoms with Crippen molar-refractivity contribution in [3.05, 3.63) is 211 Å². The molecule has 19 nitrogen and oxygen atoms in total. The highest BCUT2D eigenvalue weighted by atomic mass is 32.2. The Balaban J connectivity index is 0.800. The number of thioether (sulfide) groups is 1. The summed E-state index contributed by atoms with van der Waals surface area (Å²) in [4.78, 5) is 85.6. The van der Waals surface area contributed by atoms with Gasteiger partial charge in [0, 0.05) is 42.5 Å². The van der Waals surface area contributed by atoms with Crippen LogP contribution < -0.4 is 37.0 Å². The van der Waals surface area contributed by atoms with Gasteiger partial charge in [-0.1, -0.05) is 103 Å². The SMILES string of the molecule is COc1ccc(C(Nc2ccn([C@@H]3CS[C@H](COC(=O)[C@H](CCC(=O)OC[C@H]4O[C@@H](n5cc(C)c(=O)[nH]c5=O)C[C@@H]4F)NC(=O)OCC4c5ccccc5-c5ccccc54)O3)c(=O)n2)(c2ccccc2)c2ccc(OC)cc2)cc1. The van der Waals surface area contributed by atoms with E-state index in [0.29, 0.717) is 17.3 Å². The molecule has 80 heavy (non-hydrogen) atoms. The Morgan fingerprint density at radius 1 is 0.750 bits per heavy atom. The molecule has 3 N–H and O–H groups in total. The second-order valence-electron chi connectivity index (χ2n) is 19.3. The van der Waals surface area contributed by atoms with Gasteiger partial charge in [0.25, 0.3) is 5.56 Å². The molecule has 0 saturated carbocycles. The fourth-order valence-corrected chi connectivity index (χ4v) is 11.2. The van der Waals surface area contributed by atoms with Crippen LogP contribution in [0.15, 0.2) is 160 Å². The molecule has 6 atom stereocenters. The van der Waals surface area contributed by atoms with Crippen LogP contribution in [0.2, 0.25) is 0 Å². The number of methoxy groups -OCH3 is 2. The highest BCUT2D eigenvalue weighted by molar-refractivity contribution is 8.00. The topological polar surface area (TPSA) is 230 Å². The number of alkyl halides is 1. The van der Waals surface area contributed by atoms with Gasteiger partial charge in [-0.2, -0.15) is 4.98 Å². The molecule has 2 aliphatic heterocycles. The van der Waals surface area contributed by atoms with E-state index in [2.05, 4.69) is 20.6 Å². The van der Waals surface area contributed by atoms with Gasteiger partial charge in [0.1, 0.15) is 78.9 Å². The third-order valence-electron chi connectivity index (χ3n) is 14.4. The average molecular weight is 1110 g/mol. The largest absolute Gasteiger partial charge is 0.497 e. The monoisotopic (exact) mass is 1110 g/mol. The number of halogens is 1. The Kier molecular flexibility index (Phi) is 16.6. The molecule has 10 rings (SSSR count). The maximum atomic E-state index is 15.2. The summed E-state index contributed by atoms with van der Waals surface area (Å²) in [6.07, 6.45) is -3.74. The number of hydrogen-bond donors (Lipinski definition) is 3. The quantitative estimate of drug-likeness (QED) is 0.0381. The third-order valence-corrected chi connectivity index (χ3v) is 15.5. The lowest BCUT2D eigenvalue weighted by Gasteiger charge is -2.37. The van der Waals surface area contributed by atoms with E-state index in [4.69, 9.17) is 33.2 Å². The predicted molar refractivity (Wildman–Crippen MR) is 293 cm³/mol. The molecule has 5 aromatic carbocycles. The van der Waals surface area contributed by atoms with E-state index in [9.17, 15) is 28.8 Å². The molecular formula is C59H57FN6O13S. The standard InChI is InChI=1S/C59H57FN6O13S/c1-35-30-66(57(71)63-54(35)68)50-29-46(60)48(78-50)32-75-52(67)26-25-47(61-58(72)77-31-45-43-15-9-7-13-41(43)42-14-8-10-16-44(42)45)55(69)76-33-53-79-51(34-80-53)65-28-27-49(62-56(65)70)64-59(36-11-5-4-6-12-36,37-17-21-39(73-2)22-18-37)38-19-23-40(74-3)24-20-38/h4-24,27-28,30,45-48,50-51,53H,25-26,29,31-34H2,1-3H3,(H,61,72)(H,62,64,70)(H,63,68,71)/t46-,47-,48+,50+,51-,53+/m0/s1. The van der Waals surface area contributed by atoms with Crippen molar-refractivity contribution in [1.82, 2.24) is 24.4 Å². The number of H-pyrrole nitrogens is 1. The molecule has 3 aliphatic rings. The molecule has 1 amide bonds. The molecule has 4 heterocycles. The minimum Gasteiger partial charge on any atom is -0.497 e. The van der Waals surface area contributed by atoms with Gasteiger partial charge in [0.05, 0.1) is 14.2 Å². The third kappa shape index (κ3) is 11.8. The smallest absolute Gasteiger partial charge is 0.407 e. The van der Waals surface area contributed by atoms with Gasteiger partial charge < -0.3 is 43.8 Å². The van der Waals surface area contributed by atoms with Crippen LogP contribution in [-0.4, -0.2) is 101 Å². The summed E-state index contributed by atoms with van der Waals surface area (Å²) in [5.74, 6) is -0.116. The summed E-state index contributed by atoms with van der Waals surface area (Å²) < 4.78 is 57.3. The number of nitrogens with one attached hydrogen (secondary N) is 3. The Morgan fingerprint density at radius 2 is 1.38 bits per heavy atom. The summed E-state index contributed by atoms with van der Waals surface area (Å²) in [6.45, 7) is 0.624. The van der Waals surface area contributed by atoms with E-state index < -0.39 is 89.7 Å². The van der Waals surface area contributed by atoms with Crippen LogP contribution in [0.3, 0.4) is 0 Å². The molecule has 21 heteroatoms. The van der Waals surface area contributed by atoms with Crippen molar-refractivity contribution in [3.63, 3.8) is 0 Å². The number of ether oxygens (including phenoxy) is 7. The zero-order valence-corrected chi connectivity index (χ0v) is 44.6. The summed E-state index contributed by atoms with van der Waals surface area (Å²) in [6, 6.07) is 40.9. The lowest BCUT2D eigenvalue weighted by atomic mass is 9.77. The van der Waals surface area contributed by atoms with Crippen molar-refractivity contribution in [2.24, 2.45) is 0 Å². The van der Waals surface area contributed by atoms with Crippen molar-refractivity contribution < 1.29 is 51.9 Å². The molecule has 414 valence electrons. The van der Waals surface area contributed by atoms with Crippen LogP contribution in [0, 0.1) is 6.92 Å². The zero-order valence-electron chi connectivity index (χ0n) is 43.8. The highest BCUT2D eigenvalue weighted by Crippen LogP contribution is 2.45. The van der Waals surface area contributed by atoms with E-state index in [0.717, 1.165) is 43.5 Å². The first-order chi connectivity index (χ1) is 38.8. The molecule has 2 saturated heterocycles. The van der Waals surface area contributed by atoms with Crippen molar-refractivity contribution in [3.8, 4) is 22.6 Å². The lowest BCUT2D eigenvalue weighted by molar-refractivity contribution is -0.152. The fourth-order valence-electron chi connectivity index (χ4n) is 10.3. The van der Waals surface area contributed by atoms with E-state index >= 15 is 4.39 Å². The number of aromatic nitrogens is 4. The zero-order chi connectivity index (χ0) is 55.9. The molecule has 1 aliphatic carbocycles. The molecule has 0 spiro atoms. The maximum absolute atomic E-state index is 15.2. The van der Waals surface area contributed by atoms with Gasteiger partial charge in [-0.3, -0.25) is 23.7 Å². The number of aromatic amines is 1. The van der Waals surface area contributed by atoms with Crippen molar-refractivity contribution in [1.29, 1.82) is 0 Å². The number of benzene rings is 5. The van der Waals surface area contributed by atoms with E-state index in [1.807, 2.05) is 127 Å². The summed E-state index contributed by atoms with van der Waals surface area (Å²) in [7, 11) is 3.19. The number of carbonyl (C=O) groups is 3. The molecule has 2 fully saturated rings. The number of rotatable bonds is 20. The number of esters is 2. The number of nitrogens with zero attached hydrogens (tertiary/aromatic N) is 3. The summed E-state index contributed by atoms with van der Waals surface area (Å²) in [5, 5.41) is 6.17. The van der Waals surface area contributed by atoms with Crippen LogP contribution >= 0.6 is 11.8 Å². The number of carbonyl (C=O) groups excluding carboxylic acids is 3. The molecule has 0 unspecified atom stereocenters. The van der Waals surface area contributed by atoms with Gasteiger partial charge in [0.15, 0.2) is 0 Å². The van der Waals surface area contributed by atoms with Gasteiger partial charge >= 0.3 is 29.4 Å². The number of aryl methyl sites for hydroxylation is 1. The van der Waals surface area contributed by atoms with E-state index in [1.165, 1.54) is 29.4 Å². The molecular weight excluding hydrogens is 1050 g/mol. The van der Waals surface area contributed by atoms with Crippen molar-refractivity contribution in [2.75, 3.05) is 45.1 Å². The Hall–Kier alpha value is -8.53. The molecule has 7 aromatic rings. The summed E-state index contributed by atoms with van der Waals surface area (Å²) in [5.41, 5.74) is 3.01. The van der Waals surface area contributed by atoms with Crippen LogP contribution in [0.25, 0.3) is 11.1 Å². The second-order valence-corrected chi connectivity index (χ2v) is 20.5. The molecule has 0 bridgehead atoms. The van der Waals surface area contributed by atoms with Gasteiger partial charge in [-0.15, -0.1) is 11.8 Å². The maximum Gasteiger partial charge on any atom is 0.407 e. The van der Waals surface area contributed by atoms with Crippen LogP contribution in [0.5, 0.6) is 11.5 Å². The van der Waals surface area contributed by atoms with Crippen molar-refractivity contribution >= 4 is 35.6 Å².